The summed E-state index contributed by atoms with van der Waals surface area (Å²) in [5.41, 5.74) is 0. The summed E-state index contributed by atoms with van der Waals surface area (Å²) < 4.78 is 31.3. The molecule has 1 heterocycles. The third-order valence-electron chi connectivity index (χ3n) is 2.62. The number of thiophene rings is 1. The maximum absolute atomic E-state index is 12.0. The van der Waals surface area contributed by atoms with E-state index < -0.39 is 34.0 Å². The van der Waals surface area contributed by atoms with Crippen LogP contribution in [0, 0.1) is 0 Å². The lowest BCUT2D eigenvalue weighted by Crippen LogP contribution is -2.51. The van der Waals surface area contributed by atoms with Crippen molar-refractivity contribution in [3.63, 3.8) is 0 Å². The number of hydrogen-bond acceptors (Lipinski definition) is 6. The Labute approximate surface area is 138 Å². The van der Waals surface area contributed by atoms with Gasteiger partial charge in [0, 0.05) is 0 Å². The van der Waals surface area contributed by atoms with E-state index >= 15 is 0 Å². The molecule has 3 N–H and O–H groups in total. The number of carboxylic acid groups (broad SMARTS) is 1. The van der Waals surface area contributed by atoms with Crippen LogP contribution in [0.4, 0.5) is 0 Å². The summed E-state index contributed by atoms with van der Waals surface area (Å²) in [6.45, 7) is 4.63. The minimum atomic E-state index is -3.82. The molecule has 0 spiro atoms. The number of sulfonamides is 1. The van der Waals surface area contributed by atoms with Crippen LogP contribution in [0.3, 0.4) is 0 Å². The zero-order chi connectivity index (χ0) is 17.5. The van der Waals surface area contributed by atoms with Crippen LogP contribution in [-0.2, 0) is 24.3 Å². The van der Waals surface area contributed by atoms with Crippen LogP contribution in [0.25, 0.3) is 0 Å². The van der Waals surface area contributed by atoms with Crippen LogP contribution < -0.4 is 10.0 Å². The normalized spacial score (nSPS) is 14.0. The lowest BCUT2D eigenvalue weighted by Gasteiger charge is -2.18. The second-order valence-electron chi connectivity index (χ2n) is 4.50. The van der Waals surface area contributed by atoms with Crippen LogP contribution in [0.15, 0.2) is 34.4 Å². The maximum Gasteiger partial charge on any atom is 0.328 e. The largest absolute Gasteiger partial charge is 0.480 e. The van der Waals surface area contributed by atoms with E-state index in [1.807, 2.05) is 0 Å². The number of carbonyl (C=O) groups is 2. The number of amides is 1. The molecule has 0 saturated carbocycles. The van der Waals surface area contributed by atoms with Crippen molar-refractivity contribution < 1.29 is 27.9 Å². The van der Waals surface area contributed by atoms with Crippen molar-refractivity contribution in [2.24, 2.45) is 0 Å². The first-order valence-electron chi connectivity index (χ1n) is 6.55. The van der Waals surface area contributed by atoms with Crippen LogP contribution >= 0.6 is 11.3 Å². The van der Waals surface area contributed by atoms with E-state index in [4.69, 9.17) is 9.84 Å². The quantitative estimate of drug-likeness (QED) is 0.403. The zero-order valence-corrected chi connectivity index (χ0v) is 14.0. The van der Waals surface area contributed by atoms with Crippen LogP contribution in [-0.4, -0.2) is 50.7 Å². The van der Waals surface area contributed by atoms with E-state index in [-0.39, 0.29) is 17.4 Å². The molecule has 128 valence electrons. The number of carbonyl (C=O) groups excluding carboxylic acids is 1. The van der Waals surface area contributed by atoms with Gasteiger partial charge in [-0.15, -0.1) is 17.9 Å². The molecule has 0 aliphatic carbocycles. The van der Waals surface area contributed by atoms with Gasteiger partial charge in [0.25, 0.3) is 10.0 Å². The molecule has 0 saturated heterocycles. The minimum absolute atomic E-state index is 0.0706. The number of hydrogen-bond donors (Lipinski definition) is 3. The molecule has 1 aromatic heterocycles. The van der Waals surface area contributed by atoms with Gasteiger partial charge in [-0.05, 0) is 18.4 Å². The second kappa shape index (κ2) is 8.77. The standard InChI is InChI=1S/C13H18N2O6S2/c1-3-6-21-8-10(13(17)18)14-12(16)9(2)15-23(19,20)11-5-4-7-22-11/h3-5,7,9-10,15H,1,6,8H2,2H3,(H,14,16)(H,17,18). The molecule has 2 atom stereocenters. The van der Waals surface area contributed by atoms with Crippen molar-refractivity contribution in [3.8, 4) is 0 Å². The van der Waals surface area contributed by atoms with Gasteiger partial charge >= 0.3 is 5.97 Å². The summed E-state index contributed by atoms with van der Waals surface area (Å²) in [4.78, 5) is 23.0. The van der Waals surface area contributed by atoms with Crippen molar-refractivity contribution in [2.45, 2.75) is 23.2 Å². The Bertz CT molecular complexity index is 641. The molecule has 0 aromatic carbocycles. The minimum Gasteiger partial charge on any atom is -0.480 e. The third-order valence-corrected chi connectivity index (χ3v) is 5.56. The number of nitrogens with one attached hydrogen (secondary N) is 2. The molecule has 23 heavy (non-hydrogen) atoms. The molecule has 8 nitrogen and oxygen atoms in total. The Balaban J connectivity index is 2.64. The molecular formula is C13H18N2O6S2. The van der Waals surface area contributed by atoms with Gasteiger partial charge in [-0.3, -0.25) is 4.79 Å². The van der Waals surface area contributed by atoms with Gasteiger partial charge in [-0.1, -0.05) is 12.1 Å². The van der Waals surface area contributed by atoms with Gasteiger partial charge in [0.15, 0.2) is 6.04 Å². The highest BCUT2D eigenvalue weighted by atomic mass is 32.2. The molecule has 0 fully saturated rings. The monoisotopic (exact) mass is 362 g/mol. The molecule has 0 radical (unpaired) electrons. The molecule has 1 rings (SSSR count). The first-order valence-corrected chi connectivity index (χ1v) is 8.92. The van der Waals surface area contributed by atoms with E-state index in [0.717, 1.165) is 11.3 Å². The molecule has 10 heteroatoms. The van der Waals surface area contributed by atoms with Crippen LogP contribution in [0.5, 0.6) is 0 Å². The van der Waals surface area contributed by atoms with Gasteiger partial charge in [0.05, 0.1) is 19.3 Å². The molecular weight excluding hydrogens is 344 g/mol. The van der Waals surface area contributed by atoms with E-state index in [0.29, 0.717) is 0 Å². The van der Waals surface area contributed by atoms with Gasteiger partial charge in [0.2, 0.25) is 5.91 Å². The van der Waals surface area contributed by atoms with Gasteiger partial charge in [-0.2, -0.15) is 4.72 Å². The molecule has 1 amide bonds. The van der Waals surface area contributed by atoms with Gasteiger partial charge in [-0.25, -0.2) is 13.2 Å². The Kier molecular flexibility index (Phi) is 7.36. The number of rotatable bonds is 10. The summed E-state index contributed by atoms with van der Waals surface area (Å²) in [6.07, 6.45) is 1.44. The topological polar surface area (TPSA) is 122 Å². The molecule has 1 aromatic rings. The van der Waals surface area contributed by atoms with E-state index in [1.165, 1.54) is 19.1 Å². The Hall–Kier alpha value is -1.75. The Morgan fingerprint density at radius 1 is 1.52 bits per heavy atom. The fourth-order valence-electron chi connectivity index (χ4n) is 1.50. The highest BCUT2D eigenvalue weighted by Crippen LogP contribution is 2.15. The summed E-state index contributed by atoms with van der Waals surface area (Å²) in [7, 11) is -3.82. The average molecular weight is 362 g/mol. The summed E-state index contributed by atoms with van der Waals surface area (Å²) in [5.74, 6) is -2.05. The van der Waals surface area contributed by atoms with Crippen molar-refractivity contribution in [2.75, 3.05) is 13.2 Å². The summed E-state index contributed by atoms with van der Waals surface area (Å²) in [5, 5.41) is 12.8. The van der Waals surface area contributed by atoms with E-state index in [2.05, 4.69) is 16.6 Å². The first kappa shape index (κ1) is 19.3. The smallest absolute Gasteiger partial charge is 0.328 e. The maximum atomic E-state index is 12.0. The SMILES string of the molecule is C=CCOCC(NC(=O)C(C)NS(=O)(=O)c1cccs1)C(=O)O. The lowest BCUT2D eigenvalue weighted by atomic mass is 10.2. The van der Waals surface area contributed by atoms with E-state index in [9.17, 15) is 18.0 Å². The summed E-state index contributed by atoms with van der Waals surface area (Å²) >= 11 is 1.01. The van der Waals surface area contributed by atoms with Crippen molar-refractivity contribution in [1.82, 2.24) is 10.0 Å². The molecule has 0 bridgehead atoms. The fourth-order valence-corrected chi connectivity index (χ4v) is 3.71. The fraction of sp³-hybridized carbons (Fsp3) is 0.385. The van der Waals surface area contributed by atoms with Crippen molar-refractivity contribution in [3.05, 3.63) is 30.2 Å². The number of aliphatic carboxylic acids is 1. The second-order valence-corrected chi connectivity index (χ2v) is 7.39. The molecule has 0 aliphatic heterocycles. The predicted octanol–water partition coefficient (Wildman–Crippen LogP) is 0.187. The first-order chi connectivity index (χ1) is 10.8. The Morgan fingerprint density at radius 3 is 2.74 bits per heavy atom. The number of ether oxygens (including phenoxy) is 1. The average Bonchev–Trinajstić information content (AvgIpc) is 3.00. The highest BCUT2D eigenvalue weighted by Gasteiger charge is 2.26. The predicted molar refractivity (Wildman–Crippen MR) is 84.7 cm³/mol. The third kappa shape index (κ3) is 6.10. The zero-order valence-electron chi connectivity index (χ0n) is 12.4. The van der Waals surface area contributed by atoms with Crippen molar-refractivity contribution >= 4 is 33.2 Å². The Morgan fingerprint density at radius 2 is 2.22 bits per heavy atom. The van der Waals surface area contributed by atoms with E-state index in [1.54, 1.807) is 11.4 Å². The molecule has 0 aliphatic rings. The van der Waals surface area contributed by atoms with Gasteiger partial charge < -0.3 is 15.2 Å². The van der Waals surface area contributed by atoms with Crippen molar-refractivity contribution in [1.29, 1.82) is 0 Å². The van der Waals surface area contributed by atoms with Crippen LogP contribution in [0.1, 0.15) is 6.92 Å². The van der Waals surface area contributed by atoms with Crippen LogP contribution in [0.2, 0.25) is 0 Å². The molecule has 2 unspecified atom stereocenters. The highest BCUT2D eigenvalue weighted by molar-refractivity contribution is 7.91. The lowest BCUT2D eigenvalue weighted by molar-refractivity contribution is -0.143. The number of carboxylic acids is 1. The van der Waals surface area contributed by atoms with Gasteiger partial charge in [0.1, 0.15) is 4.21 Å². The summed E-state index contributed by atoms with van der Waals surface area (Å²) in [6, 6.07) is 0.557.